The van der Waals surface area contributed by atoms with Gasteiger partial charge in [0.2, 0.25) is 0 Å². The Hall–Kier alpha value is -3.48. The maximum atomic E-state index is 14.2. The lowest BCUT2D eigenvalue weighted by molar-refractivity contribution is 0.0991. The summed E-state index contributed by atoms with van der Waals surface area (Å²) >= 11 is 0. The van der Waals surface area contributed by atoms with Gasteiger partial charge in [0.1, 0.15) is 0 Å². The first-order chi connectivity index (χ1) is 39.6. The van der Waals surface area contributed by atoms with Gasteiger partial charge in [-0.2, -0.15) is 5.10 Å². The average molecular weight is 1110 g/mol. The topological polar surface area (TPSA) is 82.7 Å². The van der Waals surface area contributed by atoms with Gasteiger partial charge in [0.15, 0.2) is 28.8 Å². The molecule has 0 atom stereocenters. The van der Waals surface area contributed by atoms with Crippen molar-refractivity contribution in [3.05, 3.63) is 53.9 Å². The van der Waals surface area contributed by atoms with Crippen LogP contribution in [0.15, 0.2) is 42.6 Å². The molecule has 0 aliphatic rings. The number of nitrogens with zero attached hydrogens (tertiary/aromatic N) is 1. The zero-order valence-corrected chi connectivity index (χ0v) is 53.0. The Labute approximate surface area is 494 Å². The molecule has 80 heavy (non-hydrogen) atoms. The molecule has 0 spiro atoms. The van der Waals surface area contributed by atoms with Gasteiger partial charge in [-0.3, -0.25) is 9.89 Å². The molecule has 1 heterocycles. The lowest BCUT2D eigenvalue weighted by atomic mass is 10.00. The number of rotatable bonds is 60. The molecule has 0 saturated carbocycles. The molecule has 0 unspecified atom stereocenters. The first-order valence-corrected chi connectivity index (χ1v) is 35.0. The number of hydrogen-bond acceptors (Lipinski definition) is 6. The number of unbranched alkanes of at least 4 members (excludes halogenated alkanes) is 44. The fourth-order valence-corrected chi connectivity index (χ4v) is 11.3. The van der Waals surface area contributed by atoms with E-state index in [1.165, 1.54) is 276 Å². The Bertz CT molecular complexity index is 1840. The van der Waals surface area contributed by atoms with Gasteiger partial charge in [0, 0.05) is 11.1 Å². The highest BCUT2D eigenvalue weighted by atomic mass is 16.5. The molecule has 0 aliphatic carbocycles. The number of benzene rings is 2. The van der Waals surface area contributed by atoms with Crippen molar-refractivity contribution < 1.29 is 23.7 Å². The Kier molecular flexibility index (Phi) is 46.3. The fraction of sp³-hybridized carbons (Fsp3) is 0.781. The Morgan fingerprint density at radius 3 is 0.938 bits per heavy atom. The normalized spacial score (nSPS) is 11.4. The Balaban J connectivity index is 1.59. The molecule has 0 saturated heterocycles. The van der Waals surface area contributed by atoms with Crippen molar-refractivity contribution >= 4 is 5.78 Å². The maximum absolute atomic E-state index is 14.2. The number of nitrogens with one attached hydrogen (secondary N) is 1. The molecule has 1 N–H and O–H groups in total. The van der Waals surface area contributed by atoms with E-state index >= 15 is 0 Å². The number of hydrogen-bond donors (Lipinski definition) is 1. The number of ether oxygens (including phenoxy) is 4. The van der Waals surface area contributed by atoms with Crippen molar-refractivity contribution in [2.75, 3.05) is 26.4 Å². The molecule has 3 rings (SSSR count). The van der Waals surface area contributed by atoms with Crippen LogP contribution in [0.3, 0.4) is 0 Å². The van der Waals surface area contributed by atoms with Gasteiger partial charge in [-0.15, -0.1) is 0 Å². The van der Waals surface area contributed by atoms with Crippen LogP contribution in [0.1, 0.15) is 352 Å². The quantitative estimate of drug-likeness (QED) is 0.0448. The zero-order chi connectivity index (χ0) is 56.9. The van der Waals surface area contributed by atoms with E-state index in [1.54, 1.807) is 0 Å². The molecular weight excluding hydrogens is 985 g/mol. The molecule has 0 radical (unpaired) electrons. The summed E-state index contributed by atoms with van der Waals surface area (Å²) in [5.74, 6) is 3.01. The summed E-state index contributed by atoms with van der Waals surface area (Å²) < 4.78 is 25.9. The largest absolute Gasteiger partial charge is 0.490 e. The molecule has 0 amide bonds. The minimum Gasteiger partial charge on any atom is -0.490 e. The molecule has 7 nitrogen and oxygen atoms in total. The molecule has 0 fully saturated rings. The van der Waals surface area contributed by atoms with Gasteiger partial charge in [-0.05, 0) is 61.6 Å². The van der Waals surface area contributed by atoms with Gasteiger partial charge >= 0.3 is 0 Å². The van der Waals surface area contributed by atoms with Crippen LogP contribution in [0.5, 0.6) is 23.0 Å². The van der Waals surface area contributed by atoms with E-state index in [4.69, 9.17) is 18.9 Å². The summed E-state index contributed by atoms with van der Waals surface area (Å²) in [7, 11) is 0. The highest BCUT2D eigenvalue weighted by Crippen LogP contribution is 2.36. The first kappa shape index (κ1) is 70.8. The lowest BCUT2D eigenvalue weighted by Gasteiger charge is -2.15. The van der Waals surface area contributed by atoms with Crippen molar-refractivity contribution in [1.82, 2.24) is 10.2 Å². The van der Waals surface area contributed by atoms with E-state index in [-0.39, 0.29) is 12.2 Å². The smallest absolute Gasteiger partial charge is 0.168 e. The van der Waals surface area contributed by atoms with E-state index < -0.39 is 0 Å². The number of H-pyrrole nitrogens is 1. The number of Topliss-reactive ketones (excluding diaryl/α,β-unsaturated/α-hetero) is 1. The van der Waals surface area contributed by atoms with Gasteiger partial charge in [-0.1, -0.05) is 316 Å². The second-order valence-corrected chi connectivity index (χ2v) is 24.1. The fourth-order valence-electron chi connectivity index (χ4n) is 11.3. The standard InChI is InChI=1S/C73H126N2O5/c1-5-9-13-17-21-25-29-33-37-41-45-49-57-77-70-55-53-65(61-72(70)79-59-51-47-43-39-35-31-27-23-19-15-11-7-3)67-64-74-75-68(67)63-69(76)66-54-56-71(78-58-50-46-42-38-34-30-26-22-18-14-10-6-2)73(62-66)80-60-52-48-44-40-36-32-28-24-20-16-12-8-4/h53-56,61-62,64H,5-52,57-60,63H2,1-4H3,(H,74,75). The SMILES string of the molecule is CCCCCCCCCCCCCCOc1ccc(C(=O)Cc2[nH]ncc2-c2ccc(OCCCCCCCCCCCCCC)c(OCCCCCCCCCCCCCC)c2)cc1OCCCCCCCCCCCCCC. The second-order valence-electron chi connectivity index (χ2n) is 24.1. The minimum absolute atomic E-state index is 0.0176. The molecule has 0 bridgehead atoms. The molecule has 3 aromatic rings. The predicted octanol–water partition coefficient (Wildman–Crippen LogP) is 23.8. The van der Waals surface area contributed by atoms with Crippen LogP contribution in [0.4, 0.5) is 0 Å². The molecule has 2 aromatic carbocycles. The first-order valence-electron chi connectivity index (χ1n) is 35.0. The van der Waals surface area contributed by atoms with Gasteiger partial charge < -0.3 is 18.9 Å². The van der Waals surface area contributed by atoms with E-state index in [2.05, 4.69) is 56.1 Å². The third-order valence-corrected chi connectivity index (χ3v) is 16.6. The lowest BCUT2D eigenvalue weighted by Crippen LogP contribution is -2.08. The van der Waals surface area contributed by atoms with E-state index in [0.29, 0.717) is 37.7 Å². The number of ketones is 1. The van der Waals surface area contributed by atoms with Crippen LogP contribution in [-0.4, -0.2) is 42.4 Å². The molecule has 458 valence electrons. The second kappa shape index (κ2) is 52.3. The Morgan fingerprint density at radius 2 is 0.613 bits per heavy atom. The highest BCUT2D eigenvalue weighted by Gasteiger charge is 2.18. The number of carbonyl (C=O) groups is 1. The third kappa shape index (κ3) is 36.9. The number of carbonyl (C=O) groups excluding carboxylic acids is 1. The van der Waals surface area contributed by atoms with Gasteiger partial charge in [0.25, 0.3) is 0 Å². The van der Waals surface area contributed by atoms with Gasteiger partial charge in [-0.25, -0.2) is 0 Å². The van der Waals surface area contributed by atoms with Crippen molar-refractivity contribution in [3.8, 4) is 34.1 Å². The van der Waals surface area contributed by atoms with Crippen LogP contribution < -0.4 is 18.9 Å². The molecule has 0 aliphatic heterocycles. The Morgan fingerprint density at radius 1 is 0.338 bits per heavy atom. The molecular formula is C73H126N2O5. The third-order valence-electron chi connectivity index (χ3n) is 16.6. The highest BCUT2D eigenvalue weighted by molar-refractivity contribution is 5.98. The number of aromatic amines is 1. The minimum atomic E-state index is 0.0176. The van der Waals surface area contributed by atoms with Crippen molar-refractivity contribution in [3.63, 3.8) is 0 Å². The summed E-state index contributed by atoms with van der Waals surface area (Å²) in [6, 6.07) is 12.0. The monoisotopic (exact) mass is 1110 g/mol. The molecule has 7 heteroatoms. The summed E-state index contributed by atoms with van der Waals surface area (Å²) in [6.07, 6.45) is 65.1. The van der Waals surface area contributed by atoms with E-state index in [9.17, 15) is 4.79 Å². The summed E-state index contributed by atoms with van der Waals surface area (Å²) in [4.78, 5) is 14.2. The maximum Gasteiger partial charge on any atom is 0.168 e. The van der Waals surface area contributed by atoms with Crippen LogP contribution >= 0.6 is 0 Å². The summed E-state index contributed by atoms with van der Waals surface area (Å²) in [6.45, 7) is 11.8. The zero-order valence-electron chi connectivity index (χ0n) is 53.0. The van der Waals surface area contributed by atoms with Crippen LogP contribution in [0.2, 0.25) is 0 Å². The van der Waals surface area contributed by atoms with Gasteiger partial charge in [0.05, 0.1) is 44.7 Å². The summed E-state index contributed by atoms with van der Waals surface area (Å²) in [5.41, 5.74) is 3.29. The van der Waals surface area contributed by atoms with Crippen molar-refractivity contribution in [2.45, 2.75) is 342 Å². The summed E-state index contributed by atoms with van der Waals surface area (Å²) in [5, 5.41) is 7.66. The van der Waals surface area contributed by atoms with E-state index in [0.717, 1.165) is 66.2 Å². The van der Waals surface area contributed by atoms with Crippen molar-refractivity contribution in [1.29, 1.82) is 0 Å². The van der Waals surface area contributed by atoms with E-state index in [1.807, 2.05) is 24.4 Å². The number of aromatic nitrogens is 2. The predicted molar refractivity (Wildman–Crippen MR) is 345 cm³/mol. The van der Waals surface area contributed by atoms with Crippen LogP contribution in [0.25, 0.3) is 11.1 Å². The molecule has 1 aromatic heterocycles. The van der Waals surface area contributed by atoms with Crippen molar-refractivity contribution in [2.24, 2.45) is 0 Å². The average Bonchev–Trinajstić information content (AvgIpc) is 3.96. The van der Waals surface area contributed by atoms with Crippen LogP contribution in [-0.2, 0) is 6.42 Å². The van der Waals surface area contributed by atoms with Crippen LogP contribution in [0, 0.1) is 0 Å².